The summed E-state index contributed by atoms with van der Waals surface area (Å²) >= 11 is 1.71. The fraction of sp³-hybridized carbons (Fsp3) is 0.333. The Morgan fingerprint density at radius 1 is 1.14 bits per heavy atom. The fourth-order valence-electron chi connectivity index (χ4n) is 1.93. The van der Waals surface area contributed by atoms with E-state index in [1.807, 2.05) is 13.2 Å². The van der Waals surface area contributed by atoms with Crippen LogP contribution < -0.4 is 10.6 Å². The van der Waals surface area contributed by atoms with Gasteiger partial charge in [0.2, 0.25) is 17.8 Å². The maximum absolute atomic E-state index is 11.1. The second kappa shape index (κ2) is 7.22. The molecule has 1 aromatic carbocycles. The monoisotopic (exact) mass is 317 g/mol. The van der Waals surface area contributed by atoms with E-state index in [0.29, 0.717) is 11.8 Å². The smallest absolute Gasteiger partial charge is 0.234 e. The average molecular weight is 317 g/mol. The first-order valence-electron chi connectivity index (χ1n) is 6.88. The van der Waals surface area contributed by atoms with E-state index >= 15 is 0 Å². The molecule has 1 heterocycles. The van der Waals surface area contributed by atoms with E-state index in [1.165, 1.54) is 11.8 Å². The molecule has 0 saturated carbocycles. The van der Waals surface area contributed by atoms with E-state index in [1.54, 1.807) is 18.7 Å². The molecule has 1 aromatic heterocycles. The lowest BCUT2D eigenvalue weighted by atomic mass is 10.1. The van der Waals surface area contributed by atoms with Gasteiger partial charge in [-0.1, -0.05) is 12.1 Å². The number of nitrogens with one attached hydrogen (secondary N) is 2. The molecule has 7 heteroatoms. The number of nitrogens with zero attached hydrogens (tertiary/aromatic N) is 3. The normalized spacial score (nSPS) is 11.8. The van der Waals surface area contributed by atoms with Gasteiger partial charge in [-0.05, 0) is 37.8 Å². The summed E-state index contributed by atoms with van der Waals surface area (Å²) in [7, 11) is 0. The average Bonchev–Trinajstić information content (AvgIpc) is 2.46. The van der Waals surface area contributed by atoms with Gasteiger partial charge in [-0.2, -0.15) is 15.0 Å². The van der Waals surface area contributed by atoms with Crippen LogP contribution in [0.3, 0.4) is 0 Å². The molecule has 0 aliphatic heterocycles. The number of rotatable bonds is 5. The molecule has 0 radical (unpaired) electrons. The molecule has 1 unspecified atom stereocenters. The van der Waals surface area contributed by atoms with Gasteiger partial charge in [0.25, 0.3) is 0 Å². The van der Waals surface area contributed by atoms with Gasteiger partial charge in [0.1, 0.15) is 5.82 Å². The number of carbonyl (C=O) groups excluding carboxylic acids is 1. The number of aromatic nitrogens is 3. The molecule has 2 N–H and O–H groups in total. The number of hydrogen-bond acceptors (Lipinski definition) is 6. The molecular formula is C15H19N5OS. The van der Waals surface area contributed by atoms with Crippen molar-refractivity contribution >= 4 is 29.6 Å². The third-order valence-electron chi connectivity index (χ3n) is 3.00. The van der Waals surface area contributed by atoms with Gasteiger partial charge in [0.05, 0.1) is 6.04 Å². The standard InChI is InChI=1S/C15H19N5OS/c1-9(12-5-7-13(22-4)8-6-12)16-14-17-10(2)18-15(20-14)19-11(3)21/h5-9H,1-4H3,(H2,16,17,18,19,20,21). The molecule has 0 saturated heterocycles. The van der Waals surface area contributed by atoms with Crippen molar-refractivity contribution in [3.63, 3.8) is 0 Å². The molecular weight excluding hydrogens is 298 g/mol. The van der Waals surface area contributed by atoms with E-state index in [-0.39, 0.29) is 17.9 Å². The van der Waals surface area contributed by atoms with Crippen LogP contribution in [0.5, 0.6) is 0 Å². The zero-order chi connectivity index (χ0) is 16.1. The van der Waals surface area contributed by atoms with Crippen molar-refractivity contribution < 1.29 is 4.79 Å². The Morgan fingerprint density at radius 2 is 1.77 bits per heavy atom. The van der Waals surface area contributed by atoms with Gasteiger partial charge in [0.15, 0.2) is 0 Å². The number of amides is 1. The third-order valence-corrected chi connectivity index (χ3v) is 3.74. The summed E-state index contributed by atoms with van der Waals surface area (Å²) in [6, 6.07) is 8.36. The molecule has 0 fully saturated rings. The number of carbonyl (C=O) groups is 1. The van der Waals surface area contributed by atoms with Crippen molar-refractivity contribution in [2.24, 2.45) is 0 Å². The van der Waals surface area contributed by atoms with Crippen molar-refractivity contribution in [3.8, 4) is 0 Å². The van der Waals surface area contributed by atoms with Crippen molar-refractivity contribution in [3.05, 3.63) is 35.7 Å². The Bertz CT molecular complexity index is 659. The second-order valence-electron chi connectivity index (χ2n) is 4.85. The Morgan fingerprint density at radius 3 is 2.36 bits per heavy atom. The summed E-state index contributed by atoms with van der Waals surface area (Å²) in [5.74, 6) is 1.04. The summed E-state index contributed by atoms with van der Waals surface area (Å²) in [6.45, 7) is 5.21. The van der Waals surface area contributed by atoms with Gasteiger partial charge in [-0.15, -0.1) is 11.8 Å². The highest BCUT2D eigenvalue weighted by Crippen LogP contribution is 2.21. The Labute approximate surface area is 134 Å². The summed E-state index contributed by atoms with van der Waals surface area (Å²) in [5.41, 5.74) is 1.14. The molecule has 0 bridgehead atoms. The SMILES string of the molecule is CSc1ccc(C(C)Nc2nc(C)nc(NC(C)=O)n2)cc1. The zero-order valence-electron chi connectivity index (χ0n) is 13.0. The van der Waals surface area contributed by atoms with Gasteiger partial charge >= 0.3 is 0 Å². The summed E-state index contributed by atoms with van der Waals surface area (Å²) in [6.07, 6.45) is 2.05. The van der Waals surface area contributed by atoms with E-state index in [2.05, 4.69) is 49.9 Å². The van der Waals surface area contributed by atoms with E-state index < -0.39 is 0 Å². The van der Waals surface area contributed by atoms with Gasteiger partial charge in [-0.25, -0.2) is 0 Å². The number of hydrogen-bond donors (Lipinski definition) is 2. The molecule has 116 valence electrons. The first-order chi connectivity index (χ1) is 10.5. The number of benzene rings is 1. The lowest BCUT2D eigenvalue weighted by Gasteiger charge is -2.15. The Kier molecular flexibility index (Phi) is 5.32. The molecule has 1 amide bonds. The summed E-state index contributed by atoms with van der Waals surface area (Å²) in [4.78, 5) is 24.9. The number of anilines is 2. The van der Waals surface area contributed by atoms with Crippen LogP contribution >= 0.6 is 11.8 Å². The van der Waals surface area contributed by atoms with Crippen LogP contribution in [0.15, 0.2) is 29.2 Å². The molecule has 6 nitrogen and oxygen atoms in total. The minimum Gasteiger partial charge on any atom is -0.348 e. The molecule has 2 rings (SSSR count). The predicted octanol–water partition coefficient (Wildman–Crippen LogP) is 3.03. The van der Waals surface area contributed by atoms with Crippen LogP contribution in [0.4, 0.5) is 11.9 Å². The van der Waals surface area contributed by atoms with Gasteiger partial charge < -0.3 is 5.32 Å². The highest BCUT2D eigenvalue weighted by Gasteiger charge is 2.10. The van der Waals surface area contributed by atoms with E-state index in [4.69, 9.17) is 0 Å². The van der Waals surface area contributed by atoms with Crippen LogP contribution in [-0.2, 0) is 4.79 Å². The lowest BCUT2D eigenvalue weighted by Crippen LogP contribution is -2.15. The van der Waals surface area contributed by atoms with Gasteiger partial charge in [-0.3, -0.25) is 10.1 Å². The zero-order valence-corrected chi connectivity index (χ0v) is 13.9. The number of aryl methyl sites for hydroxylation is 1. The minimum atomic E-state index is -0.211. The maximum atomic E-state index is 11.1. The first-order valence-corrected chi connectivity index (χ1v) is 8.11. The fourth-order valence-corrected chi connectivity index (χ4v) is 2.34. The van der Waals surface area contributed by atoms with E-state index in [9.17, 15) is 4.79 Å². The van der Waals surface area contributed by atoms with Crippen molar-refractivity contribution in [2.45, 2.75) is 31.7 Å². The lowest BCUT2D eigenvalue weighted by molar-refractivity contribution is -0.114. The Hall–Kier alpha value is -2.15. The second-order valence-corrected chi connectivity index (χ2v) is 5.73. The molecule has 2 aromatic rings. The maximum Gasteiger partial charge on any atom is 0.234 e. The third kappa shape index (κ3) is 4.42. The molecule has 1 atom stereocenters. The van der Waals surface area contributed by atoms with Crippen LogP contribution in [0.2, 0.25) is 0 Å². The van der Waals surface area contributed by atoms with Crippen LogP contribution in [-0.4, -0.2) is 27.1 Å². The molecule has 22 heavy (non-hydrogen) atoms. The summed E-state index contributed by atoms with van der Waals surface area (Å²) < 4.78 is 0. The van der Waals surface area contributed by atoms with Crippen LogP contribution in [0.25, 0.3) is 0 Å². The largest absolute Gasteiger partial charge is 0.348 e. The quantitative estimate of drug-likeness (QED) is 0.825. The van der Waals surface area contributed by atoms with E-state index in [0.717, 1.165) is 5.56 Å². The van der Waals surface area contributed by atoms with Crippen molar-refractivity contribution in [1.82, 2.24) is 15.0 Å². The number of thioether (sulfide) groups is 1. The van der Waals surface area contributed by atoms with Crippen LogP contribution in [0, 0.1) is 6.92 Å². The van der Waals surface area contributed by atoms with Gasteiger partial charge in [0, 0.05) is 11.8 Å². The Balaban J connectivity index is 2.14. The first kappa shape index (κ1) is 16.2. The topological polar surface area (TPSA) is 79.8 Å². The highest BCUT2D eigenvalue weighted by molar-refractivity contribution is 7.98. The molecule has 0 aliphatic rings. The van der Waals surface area contributed by atoms with Crippen LogP contribution in [0.1, 0.15) is 31.3 Å². The highest BCUT2D eigenvalue weighted by atomic mass is 32.2. The molecule has 0 aliphatic carbocycles. The minimum absolute atomic E-state index is 0.0443. The summed E-state index contributed by atoms with van der Waals surface area (Å²) in [5, 5.41) is 5.80. The molecule has 0 spiro atoms. The van der Waals surface area contributed by atoms with Crippen molar-refractivity contribution in [1.29, 1.82) is 0 Å². The van der Waals surface area contributed by atoms with Crippen molar-refractivity contribution in [2.75, 3.05) is 16.9 Å². The predicted molar refractivity (Wildman–Crippen MR) is 89.1 cm³/mol.